The summed E-state index contributed by atoms with van der Waals surface area (Å²) in [5.74, 6) is 0.714. The Morgan fingerprint density at radius 1 is 1.04 bits per heavy atom. The lowest BCUT2D eigenvalue weighted by molar-refractivity contribution is 0.871. The summed E-state index contributed by atoms with van der Waals surface area (Å²) in [6.45, 7) is 2.09. The topological polar surface area (TPSA) is 55.1 Å². The quantitative estimate of drug-likeness (QED) is 0.584. The minimum atomic E-state index is 0.127. The molecule has 0 aliphatic carbocycles. The Hall–Kier alpha value is -2.92. The lowest BCUT2D eigenvalue weighted by Gasteiger charge is -2.15. The average molecular weight is 350 g/mol. The van der Waals surface area contributed by atoms with Crippen molar-refractivity contribution >= 4 is 23.1 Å². The van der Waals surface area contributed by atoms with Crippen LogP contribution in [-0.2, 0) is 0 Å². The van der Waals surface area contributed by atoms with Gasteiger partial charge < -0.3 is 5.32 Å². The van der Waals surface area contributed by atoms with E-state index in [0.717, 1.165) is 17.0 Å². The average Bonchev–Trinajstić information content (AvgIpc) is 3.05. The summed E-state index contributed by atoms with van der Waals surface area (Å²) in [4.78, 5) is 13.4. The number of benzene rings is 1. The van der Waals surface area contributed by atoms with Crippen molar-refractivity contribution in [1.82, 2.24) is 19.4 Å². The molecule has 3 aromatic heterocycles. The molecule has 0 fully saturated rings. The van der Waals surface area contributed by atoms with Crippen LogP contribution in [0.2, 0.25) is 5.02 Å². The van der Waals surface area contributed by atoms with Crippen LogP contribution in [0.25, 0.3) is 17.0 Å². The van der Waals surface area contributed by atoms with Crippen molar-refractivity contribution in [3.8, 4) is 11.4 Å². The first-order chi connectivity index (χ1) is 12.2. The van der Waals surface area contributed by atoms with Gasteiger partial charge in [-0.1, -0.05) is 41.9 Å². The minimum absolute atomic E-state index is 0.127. The summed E-state index contributed by atoms with van der Waals surface area (Å²) < 4.78 is 1.91. The summed E-state index contributed by atoms with van der Waals surface area (Å²) >= 11 is 6.11. The maximum Gasteiger partial charge on any atom is 0.145 e. The van der Waals surface area contributed by atoms with Crippen molar-refractivity contribution in [1.29, 1.82) is 0 Å². The predicted octanol–water partition coefficient (Wildman–Crippen LogP) is 4.62. The van der Waals surface area contributed by atoms with Crippen molar-refractivity contribution in [3.05, 3.63) is 77.8 Å². The summed E-state index contributed by atoms with van der Waals surface area (Å²) in [5, 5.41) is 4.04. The predicted molar refractivity (Wildman–Crippen MR) is 99.7 cm³/mol. The first kappa shape index (κ1) is 15.6. The number of hydrogen-bond donors (Lipinski definition) is 1. The van der Waals surface area contributed by atoms with Gasteiger partial charge in [0.1, 0.15) is 17.2 Å². The maximum atomic E-state index is 6.11. The molecule has 0 saturated carbocycles. The van der Waals surface area contributed by atoms with Crippen LogP contribution in [0.5, 0.6) is 0 Å². The first-order valence-corrected chi connectivity index (χ1v) is 8.35. The van der Waals surface area contributed by atoms with Gasteiger partial charge in [-0.05, 0) is 24.6 Å². The van der Waals surface area contributed by atoms with Gasteiger partial charge in [0, 0.05) is 12.2 Å². The zero-order valence-electron chi connectivity index (χ0n) is 13.6. The highest BCUT2D eigenvalue weighted by molar-refractivity contribution is 6.30. The summed E-state index contributed by atoms with van der Waals surface area (Å²) in [7, 11) is 0. The molecule has 0 bridgehead atoms. The second-order valence-electron chi connectivity index (χ2n) is 5.79. The summed E-state index contributed by atoms with van der Waals surface area (Å²) in [6, 6.07) is 14.0. The lowest BCUT2D eigenvalue weighted by Crippen LogP contribution is -2.08. The number of halogens is 1. The number of imidazole rings is 1. The molecule has 1 atom stereocenters. The van der Waals surface area contributed by atoms with E-state index in [1.807, 2.05) is 40.9 Å². The Morgan fingerprint density at radius 3 is 2.72 bits per heavy atom. The van der Waals surface area contributed by atoms with Gasteiger partial charge in [0.25, 0.3) is 0 Å². The van der Waals surface area contributed by atoms with Gasteiger partial charge in [0.15, 0.2) is 0 Å². The monoisotopic (exact) mass is 349 g/mol. The largest absolute Gasteiger partial charge is 0.362 e. The number of anilines is 1. The molecule has 4 rings (SSSR count). The maximum absolute atomic E-state index is 6.11. The van der Waals surface area contributed by atoms with Crippen molar-refractivity contribution in [3.63, 3.8) is 0 Å². The Kier molecular flexibility index (Phi) is 4.07. The molecule has 0 aliphatic rings. The first-order valence-electron chi connectivity index (χ1n) is 7.97. The fourth-order valence-electron chi connectivity index (χ4n) is 2.75. The zero-order chi connectivity index (χ0) is 17.2. The molecule has 25 heavy (non-hydrogen) atoms. The highest BCUT2D eigenvalue weighted by atomic mass is 35.5. The van der Waals surface area contributed by atoms with Crippen molar-refractivity contribution in [2.75, 3.05) is 5.32 Å². The fraction of sp³-hybridized carbons (Fsp3) is 0.105. The standard InChI is InChI=1S/C19H16ClN5/c1-13(14-5-3-2-4-6-14)23-18-11-21-9-16(24-18)17-10-22-19-8-7-15(20)12-25(17)19/h2-13H,1H3,(H,23,24)/t13-/m0/s1. The Morgan fingerprint density at radius 2 is 1.88 bits per heavy atom. The van der Waals surface area contributed by atoms with E-state index in [-0.39, 0.29) is 6.04 Å². The molecule has 1 aromatic carbocycles. The molecule has 0 saturated heterocycles. The third kappa shape index (κ3) is 3.19. The molecule has 3 heterocycles. The van der Waals surface area contributed by atoms with Crippen LogP contribution in [0.4, 0.5) is 5.82 Å². The van der Waals surface area contributed by atoms with Gasteiger partial charge in [-0.2, -0.15) is 0 Å². The second kappa shape index (κ2) is 6.53. The molecule has 4 aromatic rings. The van der Waals surface area contributed by atoms with Gasteiger partial charge in [-0.25, -0.2) is 9.97 Å². The Balaban J connectivity index is 1.66. The van der Waals surface area contributed by atoms with E-state index in [1.165, 1.54) is 5.56 Å². The van der Waals surface area contributed by atoms with Gasteiger partial charge in [0.2, 0.25) is 0 Å². The highest BCUT2D eigenvalue weighted by Crippen LogP contribution is 2.23. The zero-order valence-corrected chi connectivity index (χ0v) is 14.4. The van der Waals surface area contributed by atoms with Crippen LogP contribution in [0.1, 0.15) is 18.5 Å². The van der Waals surface area contributed by atoms with E-state index in [2.05, 4.69) is 39.3 Å². The van der Waals surface area contributed by atoms with Gasteiger partial charge in [-0.15, -0.1) is 0 Å². The Bertz CT molecular complexity index is 1010. The number of pyridine rings is 1. The van der Waals surface area contributed by atoms with E-state index >= 15 is 0 Å². The number of hydrogen-bond acceptors (Lipinski definition) is 4. The highest BCUT2D eigenvalue weighted by Gasteiger charge is 2.11. The smallest absolute Gasteiger partial charge is 0.145 e. The van der Waals surface area contributed by atoms with Gasteiger partial charge >= 0.3 is 0 Å². The number of fused-ring (bicyclic) bond motifs is 1. The van der Waals surface area contributed by atoms with Crippen molar-refractivity contribution in [2.45, 2.75) is 13.0 Å². The van der Waals surface area contributed by atoms with Crippen LogP contribution < -0.4 is 5.32 Å². The van der Waals surface area contributed by atoms with E-state index in [9.17, 15) is 0 Å². The third-order valence-electron chi connectivity index (χ3n) is 4.03. The van der Waals surface area contributed by atoms with E-state index in [1.54, 1.807) is 18.6 Å². The summed E-state index contributed by atoms with van der Waals surface area (Å²) in [6.07, 6.45) is 7.05. The van der Waals surface area contributed by atoms with Crippen molar-refractivity contribution in [2.24, 2.45) is 0 Å². The molecule has 6 heteroatoms. The Labute approximate surface area is 150 Å². The number of nitrogens with zero attached hydrogens (tertiary/aromatic N) is 4. The molecule has 124 valence electrons. The molecule has 5 nitrogen and oxygen atoms in total. The van der Waals surface area contributed by atoms with Gasteiger partial charge in [-0.3, -0.25) is 9.38 Å². The number of aromatic nitrogens is 4. The molecule has 0 amide bonds. The van der Waals surface area contributed by atoms with Gasteiger partial charge in [0.05, 0.1) is 29.3 Å². The fourth-order valence-corrected chi connectivity index (χ4v) is 2.91. The van der Waals surface area contributed by atoms with Crippen LogP contribution >= 0.6 is 11.6 Å². The molecular formula is C19H16ClN5. The number of nitrogens with one attached hydrogen (secondary N) is 1. The lowest BCUT2D eigenvalue weighted by atomic mass is 10.1. The van der Waals surface area contributed by atoms with E-state index < -0.39 is 0 Å². The normalized spacial score (nSPS) is 12.2. The van der Waals surface area contributed by atoms with Crippen LogP contribution in [0.3, 0.4) is 0 Å². The van der Waals surface area contributed by atoms with E-state index in [4.69, 9.17) is 11.6 Å². The molecule has 0 unspecified atom stereocenters. The molecule has 0 radical (unpaired) electrons. The molecule has 0 aliphatic heterocycles. The molecule has 1 N–H and O–H groups in total. The molecular weight excluding hydrogens is 334 g/mol. The van der Waals surface area contributed by atoms with Crippen LogP contribution in [0, 0.1) is 0 Å². The minimum Gasteiger partial charge on any atom is -0.362 e. The van der Waals surface area contributed by atoms with Crippen LogP contribution in [-0.4, -0.2) is 19.4 Å². The molecule has 0 spiro atoms. The number of rotatable bonds is 4. The SMILES string of the molecule is C[C@H](Nc1cncc(-c2cnc3ccc(Cl)cn23)n1)c1ccccc1. The second-order valence-corrected chi connectivity index (χ2v) is 6.22. The summed E-state index contributed by atoms with van der Waals surface area (Å²) in [5.41, 5.74) is 3.59. The third-order valence-corrected chi connectivity index (χ3v) is 4.25. The van der Waals surface area contributed by atoms with Crippen LogP contribution in [0.15, 0.2) is 67.3 Å². The van der Waals surface area contributed by atoms with Crippen molar-refractivity contribution < 1.29 is 0 Å². The van der Waals surface area contributed by atoms with E-state index in [0.29, 0.717) is 10.8 Å².